The molecule has 5 nitrogen and oxygen atoms in total. The lowest BCUT2D eigenvalue weighted by Crippen LogP contribution is -2.23. The first-order chi connectivity index (χ1) is 10.4. The molecule has 1 aromatic carbocycles. The summed E-state index contributed by atoms with van der Waals surface area (Å²) in [7, 11) is 0. The summed E-state index contributed by atoms with van der Waals surface area (Å²) in [6, 6.07) is 5.20. The number of alkyl halides is 3. The van der Waals surface area contributed by atoms with Gasteiger partial charge >= 0.3 is 5.51 Å². The summed E-state index contributed by atoms with van der Waals surface area (Å²) in [5.41, 5.74) is 2.03. The number of guanidine groups is 1. The Morgan fingerprint density at radius 2 is 2.00 bits per heavy atom. The zero-order chi connectivity index (χ0) is 16.0. The third kappa shape index (κ3) is 5.55. The number of anilines is 1. The number of halogens is 3. The molecule has 0 unspecified atom stereocenters. The molecule has 0 aromatic heterocycles. The van der Waals surface area contributed by atoms with Gasteiger partial charge in [0.25, 0.3) is 0 Å². The lowest BCUT2D eigenvalue weighted by atomic mass is 10.3. The van der Waals surface area contributed by atoms with Crippen LogP contribution in [0.2, 0.25) is 0 Å². The Bertz CT molecular complexity index is 538. The van der Waals surface area contributed by atoms with Crippen molar-refractivity contribution in [3.63, 3.8) is 0 Å². The fourth-order valence-electron chi connectivity index (χ4n) is 1.76. The van der Waals surface area contributed by atoms with Gasteiger partial charge in [0.1, 0.15) is 0 Å². The van der Waals surface area contributed by atoms with Crippen LogP contribution in [0, 0.1) is 0 Å². The van der Waals surface area contributed by atoms with E-state index in [0.717, 1.165) is 6.42 Å². The number of nitrogens with one attached hydrogen (secondary N) is 1. The van der Waals surface area contributed by atoms with E-state index in [1.54, 1.807) is 18.2 Å². The summed E-state index contributed by atoms with van der Waals surface area (Å²) in [5.74, 6) is 1.13. The van der Waals surface area contributed by atoms with Gasteiger partial charge in [-0.2, -0.15) is 13.2 Å². The molecule has 1 aliphatic heterocycles. The Balaban J connectivity index is 1.88. The number of thioether (sulfide) groups is 1. The molecule has 0 spiro atoms. The average Bonchev–Trinajstić information content (AvgIpc) is 2.67. The molecule has 22 heavy (non-hydrogen) atoms. The molecule has 0 aliphatic carbocycles. The lowest BCUT2D eigenvalue weighted by Gasteiger charge is -2.10. The summed E-state index contributed by atoms with van der Waals surface area (Å²) >= 11 is -0.124. The van der Waals surface area contributed by atoms with Gasteiger partial charge in [-0.1, -0.05) is 0 Å². The van der Waals surface area contributed by atoms with E-state index in [9.17, 15) is 13.2 Å². The summed E-state index contributed by atoms with van der Waals surface area (Å²) < 4.78 is 46.9. The van der Waals surface area contributed by atoms with Crippen LogP contribution < -0.4 is 20.5 Å². The van der Waals surface area contributed by atoms with E-state index < -0.39 is 5.51 Å². The van der Waals surface area contributed by atoms with E-state index in [2.05, 4.69) is 10.3 Å². The highest BCUT2D eigenvalue weighted by Crippen LogP contribution is 2.32. The topological polar surface area (TPSA) is 68.9 Å². The monoisotopic (exact) mass is 335 g/mol. The van der Waals surface area contributed by atoms with Crippen molar-refractivity contribution >= 4 is 23.4 Å². The van der Waals surface area contributed by atoms with Crippen LogP contribution >= 0.6 is 11.8 Å². The van der Waals surface area contributed by atoms with Crippen LogP contribution in [0.15, 0.2) is 23.2 Å². The van der Waals surface area contributed by atoms with E-state index in [1.807, 2.05) is 0 Å². The van der Waals surface area contributed by atoms with Crippen LogP contribution in [0.3, 0.4) is 0 Å². The van der Waals surface area contributed by atoms with Gasteiger partial charge in [-0.05, 0) is 23.9 Å². The normalized spacial score (nSPS) is 15.3. The van der Waals surface area contributed by atoms with Crippen LogP contribution in [-0.4, -0.2) is 37.0 Å². The summed E-state index contributed by atoms with van der Waals surface area (Å²) in [4.78, 5) is 3.84. The number of fused-ring (bicyclic) bond motifs is 1. The van der Waals surface area contributed by atoms with Gasteiger partial charge < -0.3 is 20.5 Å². The largest absolute Gasteiger partial charge is 0.490 e. The van der Waals surface area contributed by atoms with Crippen molar-refractivity contribution in [2.75, 3.05) is 30.8 Å². The second-order valence-corrected chi connectivity index (χ2v) is 5.56. The van der Waals surface area contributed by atoms with Crippen LogP contribution in [0.1, 0.15) is 6.42 Å². The maximum Gasteiger partial charge on any atom is 0.441 e. The van der Waals surface area contributed by atoms with Crippen molar-refractivity contribution in [1.82, 2.24) is 0 Å². The molecule has 0 atom stereocenters. The molecule has 0 saturated heterocycles. The van der Waals surface area contributed by atoms with Crippen LogP contribution in [0.4, 0.5) is 18.9 Å². The highest BCUT2D eigenvalue weighted by Gasteiger charge is 2.27. The van der Waals surface area contributed by atoms with Crippen LogP contribution in [-0.2, 0) is 0 Å². The van der Waals surface area contributed by atoms with Gasteiger partial charge in [-0.3, -0.25) is 4.99 Å². The zero-order valence-corrected chi connectivity index (χ0v) is 12.5. The summed E-state index contributed by atoms with van der Waals surface area (Å²) in [6.45, 7) is 1.14. The fraction of sp³-hybridized carbons (Fsp3) is 0.462. The standard InChI is InChI=1S/C13H16F3N3O2S/c14-13(15,16)22-7-4-18-12(17)19-9-2-3-10-11(8-9)21-6-1-5-20-10/h2-3,8H,1,4-7H2,(H3,17,18,19). The smallest absolute Gasteiger partial charge is 0.441 e. The molecule has 2 rings (SSSR count). The predicted molar refractivity (Wildman–Crippen MR) is 80.7 cm³/mol. The third-order valence-corrected chi connectivity index (χ3v) is 3.37. The van der Waals surface area contributed by atoms with E-state index >= 15 is 0 Å². The first-order valence-electron chi connectivity index (χ1n) is 6.61. The Labute approximate surface area is 130 Å². The molecule has 1 aliphatic rings. The van der Waals surface area contributed by atoms with Crippen molar-refractivity contribution in [3.05, 3.63) is 18.2 Å². The second-order valence-electron chi connectivity index (χ2n) is 4.40. The van der Waals surface area contributed by atoms with E-state index in [0.29, 0.717) is 30.4 Å². The molecule has 122 valence electrons. The van der Waals surface area contributed by atoms with E-state index in [1.165, 1.54) is 0 Å². The van der Waals surface area contributed by atoms with Crippen molar-refractivity contribution in [3.8, 4) is 11.5 Å². The molecule has 0 radical (unpaired) electrons. The van der Waals surface area contributed by atoms with Crippen molar-refractivity contribution in [2.24, 2.45) is 10.7 Å². The number of nitrogens with zero attached hydrogens (tertiary/aromatic N) is 1. The number of benzene rings is 1. The number of nitrogens with two attached hydrogens (primary N) is 1. The number of hydrogen-bond donors (Lipinski definition) is 2. The minimum absolute atomic E-state index is 0.0203. The average molecular weight is 335 g/mol. The maximum atomic E-state index is 12.0. The Morgan fingerprint density at radius 1 is 1.27 bits per heavy atom. The van der Waals surface area contributed by atoms with Gasteiger partial charge in [-0.25, -0.2) is 0 Å². The molecular formula is C13H16F3N3O2S. The molecule has 0 fully saturated rings. The number of ether oxygens (including phenoxy) is 2. The Hall–Kier alpha value is -1.77. The summed E-state index contributed by atoms with van der Waals surface area (Å²) in [6.07, 6.45) is 0.803. The molecule has 3 N–H and O–H groups in total. The first-order valence-corrected chi connectivity index (χ1v) is 7.60. The highest BCUT2D eigenvalue weighted by atomic mass is 32.2. The van der Waals surface area contributed by atoms with E-state index in [4.69, 9.17) is 15.2 Å². The van der Waals surface area contributed by atoms with Gasteiger partial charge in [0.2, 0.25) is 0 Å². The quantitative estimate of drug-likeness (QED) is 0.503. The van der Waals surface area contributed by atoms with Gasteiger partial charge in [0.15, 0.2) is 17.5 Å². The molecule has 0 bridgehead atoms. The van der Waals surface area contributed by atoms with Gasteiger partial charge in [-0.15, -0.1) is 0 Å². The molecular weight excluding hydrogens is 319 g/mol. The molecule has 9 heteroatoms. The van der Waals surface area contributed by atoms with E-state index in [-0.39, 0.29) is 30.0 Å². The minimum atomic E-state index is -4.24. The lowest BCUT2D eigenvalue weighted by molar-refractivity contribution is -0.0327. The summed E-state index contributed by atoms with van der Waals surface area (Å²) in [5, 5.41) is 2.81. The fourth-order valence-corrected chi connectivity index (χ4v) is 2.17. The number of hydrogen-bond acceptors (Lipinski definition) is 4. The minimum Gasteiger partial charge on any atom is -0.490 e. The molecule has 1 aromatic rings. The Kier molecular flexibility index (Phi) is 5.64. The highest BCUT2D eigenvalue weighted by molar-refractivity contribution is 8.00. The van der Waals surface area contributed by atoms with Crippen molar-refractivity contribution in [2.45, 2.75) is 11.9 Å². The number of aliphatic imine (C=N–C) groups is 1. The van der Waals surface area contributed by atoms with Crippen LogP contribution in [0.25, 0.3) is 0 Å². The number of rotatable bonds is 4. The van der Waals surface area contributed by atoms with Crippen LogP contribution in [0.5, 0.6) is 11.5 Å². The molecule has 1 heterocycles. The first kappa shape index (κ1) is 16.6. The SMILES string of the molecule is NC(=NCCSC(F)(F)F)Nc1ccc2c(c1)OCCCO2. The van der Waals surface area contributed by atoms with Gasteiger partial charge in [0.05, 0.1) is 19.8 Å². The Morgan fingerprint density at radius 3 is 2.73 bits per heavy atom. The predicted octanol–water partition coefficient (Wildman–Crippen LogP) is 2.83. The molecule has 0 amide bonds. The maximum absolute atomic E-state index is 12.0. The molecule has 0 saturated carbocycles. The van der Waals surface area contributed by atoms with Crippen molar-refractivity contribution < 1.29 is 22.6 Å². The zero-order valence-electron chi connectivity index (χ0n) is 11.7. The third-order valence-electron chi connectivity index (χ3n) is 2.66. The van der Waals surface area contributed by atoms with Crippen molar-refractivity contribution in [1.29, 1.82) is 0 Å². The second kappa shape index (κ2) is 7.48. The van der Waals surface area contributed by atoms with Gasteiger partial charge in [0, 0.05) is 23.9 Å².